The Hall–Kier alpha value is -0.480. The molecule has 0 N–H and O–H groups in total. The zero-order chi connectivity index (χ0) is 18.1. The second kappa shape index (κ2) is 10.5. The Labute approximate surface area is 144 Å². The van der Waals surface area contributed by atoms with Crippen molar-refractivity contribution in [2.75, 3.05) is 32.6 Å². The molecule has 0 aliphatic rings. The molecule has 0 heterocycles. The quantitative estimate of drug-likeness (QED) is 0.506. The van der Waals surface area contributed by atoms with Crippen molar-refractivity contribution in [2.24, 2.45) is 0 Å². The zero-order valence-corrected chi connectivity index (χ0v) is 16.6. The highest BCUT2D eigenvalue weighted by molar-refractivity contribution is 7.68. The average Bonchev–Trinajstić information content (AvgIpc) is 2.56. The van der Waals surface area contributed by atoms with E-state index in [0.29, 0.717) is 11.9 Å². The van der Waals surface area contributed by atoms with Gasteiger partial charge in [0.15, 0.2) is 0 Å². The molecule has 0 fully saturated rings. The largest absolute Gasteiger partial charge is 0.367 e. The van der Waals surface area contributed by atoms with Crippen molar-refractivity contribution in [3.63, 3.8) is 0 Å². The van der Waals surface area contributed by atoms with E-state index in [1.165, 1.54) is 0 Å². The van der Waals surface area contributed by atoms with Crippen LogP contribution in [0.25, 0.3) is 0 Å². The van der Waals surface area contributed by atoms with E-state index in [9.17, 15) is 9.13 Å². The van der Waals surface area contributed by atoms with Crippen LogP contribution in [0, 0.1) is 0 Å². The molecule has 24 heavy (non-hydrogen) atoms. The van der Waals surface area contributed by atoms with Gasteiger partial charge >= 0.3 is 7.60 Å². The Kier molecular flexibility index (Phi) is 9.43. The lowest BCUT2D eigenvalue weighted by atomic mass is 10.4. The summed E-state index contributed by atoms with van der Waals surface area (Å²) in [4.78, 5) is 0. The van der Waals surface area contributed by atoms with Crippen molar-refractivity contribution < 1.29 is 27.4 Å². The molecule has 138 valence electrons. The summed E-state index contributed by atoms with van der Waals surface area (Å²) >= 11 is 0. The predicted octanol–water partition coefficient (Wildman–Crippen LogP) is 4.26. The van der Waals surface area contributed by atoms with Crippen LogP contribution in [0.15, 0.2) is 30.3 Å². The fourth-order valence-corrected chi connectivity index (χ4v) is 7.31. The Balaban J connectivity index is 3.22. The average molecular weight is 378 g/mol. The molecule has 0 saturated heterocycles. The van der Waals surface area contributed by atoms with Crippen LogP contribution in [-0.2, 0) is 27.4 Å². The predicted molar refractivity (Wildman–Crippen MR) is 96.4 cm³/mol. The summed E-state index contributed by atoms with van der Waals surface area (Å²) in [7, 11) is -6.82. The lowest BCUT2D eigenvalue weighted by Gasteiger charge is -2.29. The number of rotatable bonds is 12. The van der Waals surface area contributed by atoms with Gasteiger partial charge in [0.05, 0.1) is 26.0 Å². The van der Waals surface area contributed by atoms with Crippen LogP contribution in [0.2, 0.25) is 0 Å². The smallest absolute Gasteiger partial charge is 0.333 e. The van der Waals surface area contributed by atoms with E-state index < -0.39 is 20.8 Å². The first-order chi connectivity index (χ1) is 11.5. The Bertz CT molecular complexity index is 553. The van der Waals surface area contributed by atoms with Gasteiger partial charge in [-0.15, -0.1) is 0 Å². The van der Waals surface area contributed by atoms with Crippen molar-refractivity contribution in [2.45, 2.75) is 33.5 Å². The van der Waals surface area contributed by atoms with Crippen LogP contribution in [0.5, 0.6) is 0 Å². The van der Waals surface area contributed by atoms with Gasteiger partial charge in [0.1, 0.15) is 5.85 Å². The first kappa shape index (κ1) is 21.6. The number of ether oxygens (including phenoxy) is 1. The van der Waals surface area contributed by atoms with Crippen LogP contribution < -0.4 is 5.30 Å². The van der Waals surface area contributed by atoms with Gasteiger partial charge in [0, 0.05) is 11.9 Å². The second-order valence-electron chi connectivity index (χ2n) is 4.89. The summed E-state index contributed by atoms with van der Waals surface area (Å²) < 4.78 is 48.5. The molecule has 0 aromatic heterocycles. The van der Waals surface area contributed by atoms with Gasteiger partial charge in [-0.05, 0) is 39.8 Å². The first-order valence-electron chi connectivity index (χ1n) is 8.25. The minimum absolute atomic E-state index is 0.116. The molecule has 1 aromatic carbocycles. The topological polar surface area (TPSA) is 71.1 Å². The third-order valence-corrected chi connectivity index (χ3v) is 8.33. The van der Waals surface area contributed by atoms with Gasteiger partial charge in [0.25, 0.3) is 7.37 Å². The summed E-state index contributed by atoms with van der Waals surface area (Å²) in [5.74, 6) is -0.895. The fraction of sp³-hybridized carbons (Fsp3) is 0.625. The minimum atomic E-state index is -3.42. The number of hydrogen-bond acceptors (Lipinski definition) is 6. The Morgan fingerprint density at radius 1 is 0.833 bits per heavy atom. The van der Waals surface area contributed by atoms with Crippen molar-refractivity contribution in [1.29, 1.82) is 0 Å². The summed E-state index contributed by atoms with van der Waals surface area (Å²) in [6.45, 7) is 8.07. The molecule has 0 bridgehead atoms. The number of benzene rings is 1. The molecular weight excluding hydrogens is 350 g/mol. The SMILES string of the molecule is CCOC(CP(=O)(OCC)OCC)P(=O)(OCC)c1ccccc1. The number of hydrogen-bond donors (Lipinski definition) is 0. The lowest BCUT2D eigenvalue weighted by molar-refractivity contribution is 0.110. The first-order valence-corrected chi connectivity index (χ1v) is 11.7. The summed E-state index contributed by atoms with van der Waals surface area (Å²) in [5.41, 5.74) is 0. The molecule has 2 unspecified atom stereocenters. The van der Waals surface area contributed by atoms with Gasteiger partial charge in [-0.1, -0.05) is 18.2 Å². The van der Waals surface area contributed by atoms with E-state index in [1.807, 2.05) is 6.07 Å². The normalized spacial score (nSPS) is 15.8. The van der Waals surface area contributed by atoms with E-state index in [-0.39, 0.29) is 26.0 Å². The van der Waals surface area contributed by atoms with Crippen LogP contribution in [0.1, 0.15) is 27.7 Å². The molecule has 8 heteroatoms. The summed E-state index contributed by atoms with van der Waals surface area (Å²) in [6.07, 6.45) is -0.116. The summed E-state index contributed by atoms with van der Waals surface area (Å²) in [5, 5.41) is 0.532. The Morgan fingerprint density at radius 2 is 1.38 bits per heavy atom. The third-order valence-electron chi connectivity index (χ3n) is 3.21. The van der Waals surface area contributed by atoms with Crippen LogP contribution in [0.3, 0.4) is 0 Å². The van der Waals surface area contributed by atoms with E-state index in [2.05, 4.69) is 0 Å². The molecule has 0 spiro atoms. The van der Waals surface area contributed by atoms with Gasteiger partial charge in [0.2, 0.25) is 0 Å². The van der Waals surface area contributed by atoms with Gasteiger partial charge in [-0.3, -0.25) is 9.13 Å². The summed E-state index contributed by atoms with van der Waals surface area (Å²) in [6, 6.07) is 8.87. The maximum absolute atomic E-state index is 13.6. The molecule has 0 aliphatic heterocycles. The molecule has 0 aliphatic carbocycles. The lowest BCUT2D eigenvalue weighted by Crippen LogP contribution is -2.27. The van der Waals surface area contributed by atoms with Crippen molar-refractivity contribution in [1.82, 2.24) is 0 Å². The molecule has 2 atom stereocenters. The van der Waals surface area contributed by atoms with E-state index >= 15 is 0 Å². The van der Waals surface area contributed by atoms with Gasteiger partial charge in [-0.2, -0.15) is 0 Å². The highest BCUT2D eigenvalue weighted by atomic mass is 31.2. The molecule has 0 amide bonds. The van der Waals surface area contributed by atoms with Crippen molar-refractivity contribution in [3.05, 3.63) is 30.3 Å². The monoisotopic (exact) mass is 378 g/mol. The van der Waals surface area contributed by atoms with E-state index in [1.54, 1.807) is 52.0 Å². The second-order valence-corrected chi connectivity index (χ2v) is 9.54. The fourth-order valence-electron chi connectivity index (χ4n) is 2.33. The molecule has 0 radical (unpaired) electrons. The van der Waals surface area contributed by atoms with Crippen LogP contribution in [0.4, 0.5) is 0 Å². The maximum atomic E-state index is 13.6. The van der Waals surface area contributed by atoms with Crippen LogP contribution >= 0.6 is 15.0 Å². The van der Waals surface area contributed by atoms with E-state index in [4.69, 9.17) is 18.3 Å². The highest BCUT2D eigenvalue weighted by Gasteiger charge is 2.42. The Morgan fingerprint density at radius 3 is 1.83 bits per heavy atom. The molecule has 0 saturated carbocycles. The van der Waals surface area contributed by atoms with Gasteiger partial charge in [-0.25, -0.2) is 0 Å². The maximum Gasteiger partial charge on any atom is 0.333 e. The standard InChI is InChI=1S/C16H28O6P2/c1-5-19-16(14-23(17,20-6-2)21-7-3)24(18,22-8-4)15-12-10-9-11-13-15/h9-13,16H,5-8,14H2,1-4H3. The minimum Gasteiger partial charge on any atom is -0.367 e. The highest BCUT2D eigenvalue weighted by Crippen LogP contribution is 2.59. The third kappa shape index (κ3) is 5.80. The molecule has 1 rings (SSSR count). The molecular formula is C16H28O6P2. The zero-order valence-electron chi connectivity index (χ0n) is 14.8. The van der Waals surface area contributed by atoms with Crippen molar-refractivity contribution in [3.8, 4) is 0 Å². The van der Waals surface area contributed by atoms with Gasteiger partial charge < -0.3 is 18.3 Å². The van der Waals surface area contributed by atoms with E-state index in [0.717, 1.165) is 0 Å². The molecule has 1 aromatic rings. The molecule has 6 nitrogen and oxygen atoms in total. The van der Waals surface area contributed by atoms with Crippen molar-refractivity contribution >= 4 is 20.3 Å². The van der Waals surface area contributed by atoms with Crippen LogP contribution in [-0.4, -0.2) is 38.4 Å².